The number of carboxylic acids is 1. The van der Waals surface area contributed by atoms with E-state index in [9.17, 15) is 19.5 Å². The Morgan fingerprint density at radius 3 is 2.35 bits per heavy atom. The van der Waals surface area contributed by atoms with Gasteiger partial charge < -0.3 is 20.1 Å². The van der Waals surface area contributed by atoms with E-state index in [4.69, 9.17) is 4.74 Å². The summed E-state index contributed by atoms with van der Waals surface area (Å²) >= 11 is 1.56. The van der Waals surface area contributed by atoms with E-state index in [0.29, 0.717) is 31.6 Å². The smallest absolute Gasteiger partial charge is 0.407 e. The van der Waals surface area contributed by atoms with Gasteiger partial charge in [-0.25, -0.2) is 9.59 Å². The third-order valence-corrected chi connectivity index (χ3v) is 7.56. The normalized spacial score (nSPS) is 19.9. The Bertz CT molecular complexity index is 1040. The molecule has 1 fully saturated rings. The number of thioether (sulfide) groups is 1. The summed E-state index contributed by atoms with van der Waals surface area (Å²) in [5.41, 5.74) is 3.25. The van der Waals surface area contributed by atoms with Crippen molar-refractivity contribution in [1.82, 2.24) is 10.2 Å². The molecule has 0 radical (unpaired) electrons. The lowest BCUT2D eigenvalue weighted by atomic mass is 9.98. The van der Waals surface area contributed by atoms with Crippen LogP contribution in [0.15, 0.2) is 48.5 Å². The van der Waals surface area contributed by atoms with Crippen molar-refractivity contribution in [3.63, 3.8) is 0 Å². The van der Waals surface area contributed by atoms with Gasteiger partial charge in [0.15, 0.2) is 0 Å². The molecule has 4 rings (SSSR count). The first-order chi connectivity index (χ1) is 16.4. The van der Waals surface area contributed by atoms with E-state index >= 15 is 0 Å². The van der Waals surface area contributed by atoms with E-state index in [2.05, 4.69) is 17.4 Å². The van der Waals surface area contributed by atoms with Crippen molar-refractivity contribution >= 4 is 29.7 Å². The third kappa shape index (κ3) is 4.51. The van der Waals surface area contributed by atoms with Gasteiger partial charge in [0.1, 0.15) is 18.2 Å². The molecule has 34 heavy (non-hydrogen) atoms. The lowest BCUT2D eigenvalue weighted by Gasteiger charge is -2.34. The SMILES string of the molecule is CSCCC(NC(=O)OCC1c2ccccc2-c2ccccc21)C(=O)N1CCC[C@]1(C)C(=O)O. The Balaban J connectivity index is 1.45. The molecule has 1 aliphatic carbocycles. The second kappa shape index (κ2) is 10.1. The number of nitrogens with zero attached hydrogens (tertiary/aromatic N) is 1. The number of carboxylic acid groups (broad SMARTS) is 1. The summed E-state index contributed by atoms with van der Waals surface area (Å²) in [5, 5.41) is 12.4. The summed E-state index contributed by atoms with van der Waals surface area (Å²) in [5.74, 6) is -0.821. The van der Waals surface area contributed by atoms with Crippen LogP contribution in [0.2, 0.25) is 0 Å². The molecule has 0 aromatic heterocycles. The molecule has 1 aliphatic heterocycles. The van der Waals surface area contributed by atoms with Crippen LogP contribution in [0, 0.1) is 0 Å². The molecule has 0 saturated carbocycles. The number of ether oxygens (including phenoxy) is 1. The summed E-state index contributed by atoms with van der Waals surface area (Å²) < 4.78 is 5.62. The average Bonchev–Trinajstić information content (AvgIpc) is 3.39. The highest BCUT2D eigenvalue weighted by Crippen LogP contribution is 2.44. The van der Waals surface area contributed by atoms with E-state index in [1.54, 1.807) is 18.7 Å². The maximum atomic E-state index is 13.3. The Morgan fingerprint density at radius 1 is 1.15 bits per heavy atom. The standard InChI is InChI=1S/C26H30N2O5S/c1-26(24(30)31)13-7-14-28(26)23(29)22(12-15-34-2)27-25(32)33-16-21-19-10-5-3-8-17(19)18-9-4-6-11-20(18)21/h3-6,8-11,21-22H,7,12-16H2,1-2H3,(H,27,32)(H,30,31)/t22?,26-/m1/s1. The van der Waals surface area contributed by atoms with Crippen LogP contribution in [0.4, 0.5) is 4.79 Å². The molecule has 2 aliphatic rings. The second-order valence-electron chi connectivity index (χ2n) is 8.98. The first-order valence-corrected chi connectivity index (χ1v) is 12.9. The zero-order valence-corrected chi connectivity index (χ0v) is 20.3. The summed E-state index contributed by atoms with van der Waals surface area (Å²) in [6.45, 7) is 2.09. The predicted molar refractivity (Wildman–Crippen MR) is 132 cm³/mol. The minimum absolute atomic E-state index is 0.0765. The number of carbonyl (C=O) groups is 3. The number of likely N-dealkylation sites (tertiary alicyclic amines) is 1. The highest BCUT2D eigenvalue weighted by atomic mass is 32.2. The highest BCUT2D eigenvalue weighted by Gasteiger charge is 2.47. The number of hydrogen-bond acceptors (Lipinski definition) is 5. The van der Waals surface area contributed by atoms with Crippen molar-refractivity contribution in [3.8, 4) is 11.1 Å². The van der Waals surface area contributed by atoms with E-state index in [1.807, 2.05) is 42.7 Å². The van der Waals surface area contributed by atoms with Crippen LogP contribution in [0.5, 0.6) is 0 Å². The van der Waals surface area contributed by atoms with Crippen molar-refractivity contribution in [3.05, 3.63) is 59.7 Å². The fraction of sp³-hybridized carbons (Fsp3) is 0.423. The van der Waals surface area contributed by atoms with Gasteiger partial charge in [0.2, 0.25) is 5.91 Å². The predicted octanol–water partition coefficient (Wildman–Crippen LogP) is 4.11. The number of hydrogen-bond donors (Lipinski definition) is 2. The minimum Gasteiger partial charge on any atom is -0.480 e. The van der Waals surface area contributed by atoms with Crippen LogP contribution in [0.3, 0.4) is 0 Å². The molecule has 2 atom stereocenters. The Morgan fingerprint density at radius 2 is 1.76 bits per heavy atom. The zero-order valence-electron chi connectivity index (χ0n) is 19.5. The fourth-order valence-electron chi connectivity index (χ4n) is 5.00. The van der Waals surface area contributed by atoms with Gasteiger partial charge in [0.25, 0.3) is 0 Å². The fourth-order valence-corrected chi connectivity index (χ4v) is 5.47. The number of carbonyl (C=O) groups excluding carboxylic acids is 2. The molecule has 0 spiro atoms. The van der Waals surface area contributed by atoms with Gasteiger partial charge in [-0.3, -0.25) is 4.79 Å². The van der Waals surface area contributed by atoms with Gasteiger partial charge in [-0.1, -0.05) is 48.5 Å². The van der Waals surface area contributed by atoms with E-state index < -0.39 is 23.6 Å². The third-order valence-electron chi connectivity index (χ3n) is 6.91. The lowest BCUT2D eigenvalue weighted by Crippen LogP contribution is -2.57. The van der Waals surface area contributed by atoms with Gasteiger partial charge in [-0.05, 0) is 60.4 Å². The van der Waals surface area contributed by atoms with Crippen molar-refractivity contribution in [2.45, 2.75) is 43.7 Å². The van der Waals surface area contributed by atoms with Crippen molar-refractivity contribution in [2.24, 2.45) is 0 Å². The molecular weight excluding hydrogens is 452 g/mol. The molecule has 1 saturated heterocycles. The summed E-state index contributed by atoms with van der Waals surface area (Å²) in [7, 11) is 0. The summed E-state index contributed by atoms with van der Waals surface area (Å²) in [6.07, 6.45) is 2.67. The van der Waals surface area contributed by atoms with Crippen LogP contribution in [0.25, 0.3) is 11.1 Å². The van der Waals surface area contributed by atoms with E-state index in [1.165, 1.54) is 4.90 Å². The second-order valence-corrected chi connectivity index (χ2v) is 9.96. The zero-order chi connectivity index (χ0) is 24.3. The van der Waals surface area contributed by atoms with Crippen LogP contribution in [0.1, 0.15) is 43.2 Å². The van der Waals surface area contributed by atoms with Gasteiger partial charge >= 0.3 is 12.1 Å². The number of nitrogens with one attached hydrogen (secondary N) is 1. The molecule has 2 N–H and O–H groups in total. The number of benzene rings is 2. The molecular formula is C26H30N2O5S. The monoisotopic (exact) mass is 482 g/mol. The van der Waals surface area contributed by atoms with Gasteiger partial charge in [-0.15, -0.1) is 0 Å². The number of alkyl carbamates (subject to hydrolysis) is 1. The van der Waals surface area contributed by atoms with Crippen LogP contribution in [-0.2, 0) is 14.3 Å². The number of amides is 2. The average molecular weight is 483 g/mol. The molecule has 180 valence electrons. The molecule has 8 heteroatoms. The largest absolute Gasteiger partial charge is 0.480 e. The Hall–Kier alpha value is -3.00. The van der Waals surface area contributed by atoms with Crippen LogP contribution in [-0.4, -0.2) is 64.7 Å². The Kier molecular flexibility index (Phi) is 7.16. The lowest BCUT2D eigenvalue weighted by molar-refractivity contribution is -0.156. The van der Waals surface area contributed by atoms with Crippen LogP contribution < -0.4 is 5.32 Å². The quantitative estimate of drug-likeness (QED) is 0.588. The molecule has 2 amide bonds. The number of aliphatic carboxylic acids is 1. The van der Waals surface area contributed by atoms with E-state index in [0.717, 1.165) is 22.3 Å². The molecule has 7 nitrogen and oxygen atoms in total. The van der Waals surface area contributed by atoms with Crippen LogP contribution >= 0.6 is 11.8 Å². The maximum Gasteiger partial charge on any atom is 0.407 e. The first-order valence-electron chi connectivity index (χ1n) is 11.5. The minimum atomic E-state index is -1.25. The molecule has 1 heterocycles. The molecule has 1 unspecified atom stereocenters. The van der Waals surface area contributed by atoms with Crippen molar-refractivity contribution in [1.29, 1.82) is 0 Å². The molecule has 0 bridgehead atoms. The summed E-state index contributed by atoms with van der Waals surface area (Å²) in [6, 6.07) is 15.3. The Labute approximate surface area is 203 Å². The molecule has 2 aromatic carbocycles. The first kappa shape index (κ1) is 24.1. The molecule has 2 aromatic rings. The topological polar surface area (TPSA) is 95.9 Å². The highest BCUT2D eigenvalue weighted by molar-refractivity contribution is 7.98. The summed E-state index contributed by atoms with van der Waals surface area (Å²) in [4.78, 5) is 39.3. The van der Waals surface area contributed by atoms with Gasteiger partial charge in [0.05, 0.1) is 0 Å². The van der Waals surface area contributed by atoms with Gasteiger partial charge in [-0.2, -0.15) is 11.8 Å². The van der Waals surface area contributed by atoms with E-state index in [-0.39, 0.29) is 18.4 Å². The number of rotatable bonds is 8. The van der Waals surface area contributed by atoms with Crippen molar-refractivity contribution in [2.75, 3.05) is 25.2 Å². The van der Waals surface area contributed by atoms with Crippen molar-refractivity contribution < 1.29 is 24.2 Å². The van der Waals surface area contributed by atoms with Gasteiger partial charge in [0, 0.05) is 12.5 Å². The maximum absolute atomic E-state index is 13.3. The number of fused-ring (bicyclic) bond motifs is 3.